The molecular formula is C17H14F3N3O4. The number of alkyl halides is 3. The summed E-state index contributed by atoms with van der Waals surface area (Å²) in [4.78, 5) is 35.0. The third-order valence-electron chi connectivity index (χ3n) is 3.53. The van der Waals surface area contributed by atoms with E-state index in [1.165, 1.54) is 49.4 Å². The molecule has 2 amide bonds. The summed E-state index contributed by atoms with van der Waals surface area (Å²) in [6.07, 6.45) is -4.59. The van der Waals surface area contributed by atoms with Gasteiger partial charge >= 0.3 is 6.18 Å². The minimum atomic E-state index is -4.59. The minimum absolute atomic E-state index is 0.0713. The number of aryl methyl sites for hydroxylation is 1. The average Bonchev–Trinajstić information content (AvgIpc) is 2.59. The van der Waals surface area contributed by atoms with Crippen molar-refractivity contribution in [3.05, 3.63) is 69.3 Å². The highest BCUT2D eigenvalue weighted by atomic mass is 19.4. The molecule has 2 aromatic carbocycles. The standard InChI is InChI=1S/C17H14F3N3O4/c1-10-5-4-7-12(14(10)23(26)27)16(25)22-13-8-3-2-6-11(13)15(24)21-9-17(18,19)20/h2-8H,9H2,1H3,(H,21,24)(H,22,25). The highest BCUT2D eigenvalue weighted by Gasteiger charge is 2.29. The van der Waals surface area contributed by atoms with E-state index in [0.29, 0.717) is 0 Å². The second-order valence-electron chi connectivity index (χ2n) is 5.53. The number of benzene rings is 2. The molecule has 2 aromatic rings. The van der Waals surface area contributed by atoms with E-state index >= 15 is 0 Å². The van der Waals surface area contributed by atoms with Crippen molar-refractivity contribution in [1.29, 1.82) is 0 Å². The van der Waals surface area contributed by atoms with Crippen LogP contribution in [0, 0.1) is 17.0 Å². The Balaban J connectivity index is 2.29. The van der Waals surface area contributed by atoms with Gasteiger partial charge in [0, 0.05) is 5.56 Å². The van der Waals surface area contributed by atoms with Crippen LogP contribution in [0.3, 0.4) is 0 Å². The molecule has 0 unspecified atom stereocenters. The monoisotopic (exact) mass is 381 g/mol. The highest BCUT2D eigenvalue weighted by molar-refractivity contribution is 6.10. The zero-order valence-electron chi connectivity index (χ0n) is 14.0. The number of carbonyl (C=O) groups excluding carboxylic acids is 2. The van der Waals surface area contributed by atoms with E-state index < -0.39 is 35.1 Å². The molecule has 0 aliphatic rings. The first-order valence-electron chi connectivity index (χ1n) is 7.59. The normalized spacial score (nSPS) is 11.0. The van der Waals surface area contributed by atoms with Crippen molar-refractivity contribution in [2.75, 3.05) is 11.9 Å². The maximum Gasteiger partial charge on any atom is 0.405 e. The lowest BCUT2D eigenvalue weighted by Crippen LogP contribution is -2.34. The number of nitrogens with one attached hydrogen (secondary N) is 2. The Morgan fingerprint density at radius 3 is 2.30 bits per heavy atom. The van der Waals surface area contributed by atoms with E-state index in [-0.39, 0.29) is 22.4 Å². The second kappa shape index (κ2) is 7.85. The average molecular weight is 381 g/mol. The molecule has 0 fully saturated rings. The van der Waals surface area contributed by atoms with E-state index in [1.807, 2.05) is 0 Å². The number of anilines is 1. The summed E-state index contributed by atoms with van der Waals surface area (Å²) in [6.45, 7) is -0.0646. The fourth-order valence-corrected chi connectivity index (χ4v) is 2.34. The number of carbonyl (C=O) groups is 2. The molecule has 0 aromatic heterocycles. The molecule has 142 valence electrons. The van der Waals surface area contributed by atoms with Crippen molar-refractivity contribution < 1.29 is 27.7 Å². The summed E-state index contributed by atoms with van der Waals surface area (Å²) in [5, 5.41) is 15.3. The fraction of sp³-hybridized carbons (Fsp3) is 0.176. The van der Waals surface area contributed by atoms with E-state index in [1.54, 1.807) is 5.32 Å². The first-order valence-corrected chi connectivity index (χ1v) is 7.59. The number of nitro groups is 1. The molecule has 27 heavy (non-hydrogen) atoms. The third-order valence-corrected chi connectivity index (χ3v) is 3.53. The van der Waals surface area contributed by atoms with Crippen LogP contribution in [0.2, 0.25) is 0 Å². The van der Waals surface area contributed by atoms with Gasteiger partial charge < -0.3 is 10.6 Å². The van der Waals surface area contributed by atoms with Gasteiger partial charge in [0.15, 0.2) is 0 Å². The van der Waals surface area contributed by atoms with Gasteiger partial charge in [-0.15, -0.1) is 0 Å². The number of amides is 2. The molecule has 2 rings (SSSR count). The molecule has 0 spiro atoms. The maximum absolute atomic E-state index is 12.5. The summed E-state index contributed by atoms with van der Waals surface area (Å²) >= 11 is 0. The van der Waals surface area contributed by atoms with Gasteiger partial charge in [0.1, 0.15) is 12.1 Å². The van der Waals surface area contributed by atoms with Crippen molar-refractivity contribution in [3.63, 3.8) is 0 Å². The quantitative estimate of drug-likeness (QED) is 0.612. The summed E-state index contributed by atoms with van der Waals surface area (Å²) in [6, 6.07) is 9.57. The molecule has 0 aliphatic heterocycles. The number of nitrogens with zero attached hydrogens (tertiary/aromatic N) is 1. The van der Waals surface area contributed by atoms with Gasteiger partial charge in [0.25, 0.3) is 17.5 Å². The van der Waals surface area contributed by atoms with Gasteiger partial charge in [-0.25, -0.2) is 0 Å². The van der Waals surface area contributed by atoms with E-state index in [2.05, 4.69) is 5.32 Å². The molecule has 2 N–H and O–H groups in total. The number of nitro benzene ring substituents is 1. The Labute approximate surface area is 151 Å². The SMILES string of the molecule is Cc1cccc(C(=O)Nc2ccccc2C(=O)NCC(F)(F)F)c1[N+](=O)[O-]. The maximum atomic E-state index is 12.5. The number of para-hydroxylation sites is 2. The van der Waals surface area contributed by atoms with Gasteiger partial charge in [-0.3, -0.25) is 19.7 Å². The van der Waals surface area contributed by atoms with Gasteiger partial charge in [-0.1, -0.05) is 24.3 Å². The first kappa shape index (κ1) is 19.9. The molecule has 0 heterocycles. The highest BCUT2D eigenvalue weighted by Crippen LogP contribution is 2.25. The number of rotatable bonds is 5. The lowest BCUT2D eigenvalue weighted by Gasteiger charge is -2.13. The van der Waals surface area contributed by atoms with Gasteiger partial charge in [-0.2, -0.15) is 13.2 Å². The van der Waals surface area contributed by atoms with Crippen molar-refractivity contribution in [3.8, 4) is 0 Å². The molecule has 0 saturated carbocycles. The summed E-state index contributed by atoms with van der Waals surface area (Å²) in [7, 11) is 0. The lowest BCUT2D eigenvalue weighted by atomic mass is 10.1. The topological polar surface area (TPSA) is 101 Å². The van der Waals surface area contributed by atoms with Crippen molar-refractivity contribution in [2.24, 2.45) is 0 Å². The van der Waals surface area contributed by atoms with Gasteiger partial charge in [0.2, 0.25) is 0 Å². The van der Waals surface area contributed by atoms with Crippen LogP contribution in [-0.4, -0.2) is 29.5 Å². The van der Waals surface area contributed by atoms with Crippen molar-refractivity contribution in [1.82, 2.24) is 5.32 Å². The van der Waals surface area contributed by atoms with E-state index in [0.717, 1.165) is 0 Å². The van der Waals surface area contributed by atoms with Crippen LogP contribution in [0.25, 0.3) is 0 Å². The van der Waals surface area contributed by atoms with E-state index in [4.69, 9.17) is 0 Å². The first-order chi connectivity index (χ1) is 12.6. The zero-order valence-corrected chi connectivity index (χ0v) is 14.0. The Morgan fingerprint density at radius 1 is 1.04 bits per heavy atom. The molecule has 0 aliphatic carbocycles. The van der Waals surface area contributed by atoms with Crippen molar-refractivity contribution >= 4 is 23.2 Å². The number of halogens is 3. The molecule has 0 radical (unpaired) electrons. The van der Waals surface area contributed by atoms with Gasteiger partial charge in [-0.05, 0) is 25.1 Å². The van der Waals surface area contributed by atoms with E-state index in [9.17, 15) is 32.9 Å². The summed E-state index contributed by atoms with van der Waals surface area (Å²) in [5.41, 5.74) is -0.633. The van der Waals surface area contributed by atoms with Crippen LogP contribution in [0.4, 0.5) is 24.5 Å². The largest absolute Gasteiger partial charge is 0.405 e. The fourth-order valence-electron chi connectivity index (χ4n) is 2.34. The molecule has 0 atom stereocenters. The third kappa shape index (κ3) is 5.03. The lowest BCUT2D eigenvalue weighted by molar-refractivity contribution is -0.385. The Hall–Kier alpha value is -3.43. The zero-order chi connectivity index (χ0) is 20.2. The smallest absolute Gasteiger partial charge is 0.343 e. The van der Waals surface area contributed by atoms with Crippen molar-refractivity contribution in [2.45, 2.75) is 13.1 Å². The Bertz CT molecular complexity index is 897. The van der Waals surface area contributed by atoms with Crippen LogP contribution < -0.4 is 10.6 Å². The molecule has 0 bridgehead atoms. The van der Waals surface area contributed by atoms with Crippen LogP contribution in [0.1, 0.15) is 26.3 Å². The van der Waals surface area contributed by atoms with Crippen LogP contribution in [-0.2, 0) is 0 Å². The minimum Gasteiger partial charge on any atom is -0.343 e. The van der Waals surface area contributed by atoms with Crippen LogP contribution in [0.5, 0.6) is 0 Å². The second-order valence-corrected chi connectivity index (χ2v) is 5.53. The summed E-state index contributed by atoms with van der Waals surface area (Å²) < 4.78 is 36.8. The number of hydrogen-bond acceptors (Lipinski definition) is 4. The molecular weight excluding hydrogens is 367 g/mol. The number of hydrogen-bond donors (Lipinski definition) is 2. The van der Waals surface area contributed by atoms with Gasteiger partial charge in [0.05, 0.1) is 16.2 Å². The Kier molecular flexibility index (Phi) is 5.78. The molecule has 10 heteroatoms. The molecule has 0 saturated heterocycles. The van der Waals surface area contributed by atoms with Crippen LogP contribution in [0.15, 0.2) is 42.5 Å². The predicted octanol–water partition coefficient (Wildman–Crippen LogP) is 3.45. The Morgan fingerprint density at radius 2 is 1.67 bits per heavy atom. The molecule has 7 nitrogen and oxygen atoms in total. The predicted molar refractivity (Wildman–Crippen MR) is 90.6 cm³/mol. The van der Waals surface area contributed by atoms with Crippen LogP contribution >= 0.6 is 0 Å². The summed E-state index contributed by atoms with van der Waals surface area (Å²) in [5.74, 6) is -1.90.